The van der Waals surface area contributed by atoms with Crippen molar-refractivity contribution in [2.45, 2.75) is 65.3 Å². The quantitative estimate of drug-likeness (QED) is 0.588. The third-order valence-electron chi connectivity index (χ3n) is 3.19. The topological polar surface area (TPSA) is 77.2 Å². The van der Waals surface area contributed by atoms with Gasteiger partial charge in [-0.05, 0) is 19.8 Å². The lowest BCUT2D eigenvalue weighted by Crippen LogP contribution is -2.22. The van der Waals surface area contributed by atoms with Crippen LogP contribution >= 0.6 is 0 Å². The Hall–Kier alpha value is -1.43. The maximum Gasteiger partial charge on any atom is 0.360 e. The van der Waals surface area contributed by atoms with Crippen LogP contribution in [0.25, 0.3) is 0 Å². The summed E-state index contributed by atoms with van der Waals surface area (Å²) in [4.78, 5) is 12.0. The summed E-state index contributed by atoms with van der Waals surface area (Å²) in [6.07, 6.45) is 3.81. The normalized spacial score (nSPS) is 11.7. The molecular weight excluding hydrogens is 270 g/mol. The molecule has 1 aromatic heterocycles. The zero-order valence-corrected chi connectivity index (χ0v) is 13.6. The highest BCUT2D eigenvalue weighted by Gasteiger charge is 2.29. The molecule has 0 fully saturated rings. The minimum absolute atomic E-state index is 0.226. The van der Waals surface area contributed by atoms with E-state index in [4.69, 9.17) is 9.84 Å². The molecule has 0 bridgehead atoms. The van der Waals surface area contributed by atoms with Gasteiger partial charge in [-0.2, -0.15) is 0 Å². The molecule has 0 aliphatic carbocycles. The van der Waals surface area contributed by atoms with Crippen LogP contribution in [0.3, 0.4) is 0 Å². The lowest BCUT2D eigenvalue weighted by atomic mass is 9.90. The lowest BCUT2D eigenvalue weighted by Gasteiger charge is -2.20. The van der Waals surface area contributed by atoms with Crippen molar-refractivity contribution >= 4 is 5.97 Å². The van der Waals surface area contributed by atoms with Gasteiger partial charge in [-0.1, -0.05) is 38.8 Å². The first-order valence-electron chi connectivity index (χ1n) is 7.63. The Labute approximate surface area is 126 Å². The van der Waals surface area contributed by atoms with Gasteiger partial charge >= 0.3 is 5.97 Å². The van der Waals surface area contributed by atoms with Crippen molar-refractivity contribution in [1.29, 1.82) is 0 Å². The summed E-state index contributed by atoms with van der Waals surface area (Å²) in [5, 5.41) is 16.9. The molecule has 0 amide bonds. The number of esters is 1. The zero-order chi connectivity index (χ0) is 15.9. The van der Waals surface area contributed by atoms with Crippen molar-refractivity contribution in [3.8, 4) is 0 Å². The van der Waals surface area contributed by atoms with Crippen LogP contribution in [-0.4, -0.2) is 39.3 Å². The maximum atomic E-state index is 12.0. The average molecular weight is 297 g/mol. The molecular formula is C15H27N3O3. The van der Waals surface area contributed by atoms with Gasteiger partial charge in [-0.15, -0.1) is 5.10 Å². The Morgan fingerprint density at radius 1 is 1.24 bits per heavy atom. The molecule has 0 atom stereocenters. The van der Waals surface area contributed by atoms with E-state index in [0.717, 1.165) is 37.9 Å². The Morgan fingerprint density at radius 3 is 2.48 bits per heavy atom. The van der Waals surface area contributed by atoms with Crippen LogP contribution in [-0.2, 0) is 16.7 Å². The predicted octanol–water partition coefficient (Wildman–Crippen LogP) is 2.31. The van der Waals surface area contributed by atoms with Crippen molar-refractivity contribution in [3.63, 3.8) is 0 Å². The molecule has 1 heterocycles. The summed E-state index contributed by atoms with van der Waals surface area (Å²) < 4.78 is 6.86. The first-order valence-corrected chi connectivity index (χ1v) is 7.63. The van der Waals surface area contributed by atoms with Crippen LogP contribution in [0.1, 0.15) is 69.6 Å². The molecule has 0 aromatic carbocycles. The standard InChI is InChI=1S/C15H27N3O3/c1-5-21-14(20)12-13(15(2,3)4)18(17-16-12)10-8-6-7-9-11-19/h19H,5-11H2,1-4H3. The molecule has 1 aromatic rings. The van der Waals surface area contributed by atoms with Crippen LogP contribution < -0.4 is 0 Å². The number of aliphatic hydroxyl groups excluding tert-OH is 1. The number of unbranched alkanes of at least 4 members (excludes halogenated alkanes) is 3. The SMILES string of the molecule is CCOC(=O)c1nnn(CCCCCCO)c1C(C)(C)C. The fraction of sp³-hybridized carbons (Fsp3) is 0.800. The van der Waals surface area contributed by atoms with Crippen molar-refractivity contribution in [2.75, 3.05) is 13.2 Å². The second-order valence-electron chi connectivity index (χ2n) is 6.12. The Bertz CT molecular complexity index is 450. The van der Waals surface area contributed by atoms with Crippen LogP contribution in [0, 0.1) is 0 Å². The van der Waals surface area contributed by atoms with E-state index >= 15 is 0 Å². The first kappa shape index (κ1) is 17.6. The summed E-state index contributed by atoms with van der Waals surface area (Å²) in [7, 11) is 0. The van der Waals surface area contributed by atoms with Gasteiger partial charge in [0.05, 0.1) is 12.3 Å². The highest BCUT2D eigenvalue weighted by Crippen LogP contribution is 2.25. The number of aromatic nitrogens is 3. The van der Waals surface area contributed by atoms with Gasteiger partial charge in [0.15, 0.2) is 5.69 Å². The van der Waals surface area contributed by atoms with Crippen LogP contribution in [0.4, 0.5) is 0 Å². The third kappa shape index (κ3) is 5.12. The van der Waals surface area contributed by atoms with E-state index in [0.29, 0.717) is 12.3 Å². The van der Waals surface area contributed by atoms with E-state index < -0.39 is 5.97 Å². The molecule has 0 aliphatic heterocycles. The molecule has 120 valence electrons. The second-order valence-corrected chi connectivity index (χ2v) is 6.12. The number of hydrogen-bond donors (Lipinski definition) is 1. The number of hydrogen-bond acceptors (Lipinski definition) is 5. The Balaban J connectivity index is 2.82. The minimum atomic E-state index is -0.408. The number of aryl methyl sites for hydroxylation is 1. The molecule has 6 nitrogen and oxygen atoms in total. The van der Waals surface area contributed by atoms with E-state index in [1.54, 1.807) is 6.92 Å². The third-order valence-corrected chi connectivity index (χ3v) is 3.19. The molecule has 0 unspecified atom stereocenters. The monoisotopic (exact) mass is 297 g/mol. The van der Waals surface area contributed by atoms with Crippen molar-refractivity contribution in [2.24, 2.45) is 0 Å². The first-order chi connectivity index (χ1) is 9.91. The van der Waals surface area contributed by atoms with E-state index in [1.807, 2.05) is 25.5 Å². The zero-order valence-electron chi connectivity index (χ0n) is 13.6. The van der Waals surface area contributed by atoms with E-state index in [1.165, 1.54) is 0 Å². The van der Waals surface area contributed by atoms with Gasteiger partial charge in [-0.25, -0.2) is 9.48 Å². The summed E-state index contributed by atoms with van der Waals surface area (Å²) in [6, 6.07) is 0. The molecule has 1 N–H and O–H groups in total. The van der Waals surface area contributed by atoms with Gasteiger partial charge in [0.2, 0.25) is 0 Å². The van der Waals surface area contributed by atoms with Gasteiger partial charge in [-0.3, -0.25) is 0 Å². The van der Waals surface area contributed by atoms with E-state index in [-0.39, 0.29) is 12.0 Å². The average Bonchev–Trinajstić information content (AvgIpc) is 2.83. The largest absolute Gasteiger partial charge is 0.461 e. The molecule has 21 heavy (non-hydrogen) atoms. The van der Waals surface area contributed by atoms with Gasteiger partial charge in [0.25, 0.3) is 0 Å². The number of rotatable bonds is 8. The second kappa shape index (κ2) is 8.12. The summed E-state index contributed by atoms with van der Waals surface area (Å²) >= 11 is 0. The van der Waals surface area contributed by atoms with E-state index in [9.17, 15) is 4.79 Å². The van der Waals surface area contributed by atoms with Crippen molar-refractivity contribution in [3.05, 3.63) is 11.4 Å². The van der Waals surface area contributed by atoms with E-state index in [2.05, 4.69) is 10.3 Å². The number of carbonyl (C=O) groups is 1. The number of nitrogens with zero attached hydrogens (tertiary/aromatic N) is 3. The molecule has 0 saturated carbocycles. The van der Waals surface area contributed by atoms with Gasteiger partial charge in [0, 0.05) is 18.6 Å². The summed E-state index contributed by atoms with van der Waals surface area (Å²) in [6.45, 7) is 9.19. The van der Waals surface area contributed by atoms with Gasteiger partial charge < -0.3 is 9.84 Å². The smallest absolute Gasteiger partial charge is 0.360 e. The maximum absolute atomic E-state index is 12.0. The number of carbonyl (C=O) groups excluding carboxylic acids is 1. The minimum Gasteiger partial charge on any atom is -0.461 e. The predicted molar refractivity (Wildman–Crippen MR) is 80.2 cm³/mol. The van der Waals surface area contributed by atoms with Crippen molar-refractivity contribution in [1.82, 2.24) is 15.0 Å². The van der Waals surface area contributed by atoms with Crippen LogP contribution in [0.15, 0.2) is 0 Å². The molecule has 0 saturated heterocycles. The molecule has 0 radical (unpaired) electrons. The lowest BCUT2D eigenvalue weighted by molar-refractivity contribution is 0.0516. The van der Waals surface area contributed by atoms with Gasteiger partial charge in [0.1, 0.15) is 0 Å². The van der Waals surface area contributed by atoms with Crippen molar-refractivity contribution < 1.29 is 14.6 Å². The highest BCUT2D eigenvalue weighted by atomic mass is 16.5. The Morgan fingerprint density at radius 2 is 1.90 bits per heavy atom. The highest BCUT2D eigenvalue weighted by molar-refractivity contribution is 5.88. The molecule has 0 spiro atoms. The molecule has 6 heteroatoms. The molecule has 1 rings (SSSR count). The fourth-order valence-electron chi connectivity index (χ4n) is 2.28. The van der Waals surface area contributed by atoms with Crippen LogP contribution in [0.5, 0.6) is 0 Å². The summed E-state index contributed by atoms with van der Waals surface area (Å²) in [5.41, 5.74) is 0.916. The van der Waals surface area contributed by atoms with Crippen LogP contribution in [0.2, 0.25) is 0 Å². The number of ether oxygens (including phenoxy) is 1. The number of aliphatic hydroxyl groups is 1. The Kier molecular flexibility index (Phi) is 6.81. The fourth-order valence-corrected chi connectivity index (χ4v) is 2.28. The summed E-state index contributed by atoms with van der Waals surface area (Å²) in [5.74, 6) is -0.408. The molecule has 0 aliphatic rings.